The molecule has 252 valence electrons. The zero-order valence-corrected chi connectivity index (χ0v) is 25.1. The quantitative estimate of drug-likeness (QED) is 0.0805. The van der Waals surface area contributed by atoms with Gasteiger partial charge in [0.2, 0.25) is 0 Å². The van der Waals surface area contributed by atoms with Crippen LogP contribution in [0.3, 0.4) is 0 Å². The van der Waals surface area contributed by atoms with Crippen LogP contribution in [-0.2, 0) is 28.5 Å². The lowest BCUT2D eigenvalue weighted by Gasteiger charge is -2.34. The average Bonchev–Trinajstić information content (AvgIpc) is 2.92. The van der Waals surface area contributed by atoms with Gasteiger partial charge in [-0.2, -0.15) is 0 Å². The van der Waals surface area contributed by atoms with Gasteiger partial charge >= 0.3 is 37.7 Å². The third-order valence-corrected chi connectivity index (χ3v) is 6.63. The van der Waals surface area contributed by atoms with E-state index in [2.05, 4.69) is 4.52 Å². The highest BCUT2D eigenvalue weighted by atomic mass is 31.2. The SMILES string of the molecule is O=C(O)CN(CCN(CC(=O)O)CC(COc1ccc(-c2ccc(OP(=O)(O)O)cc2)cc1)N(CC(=O)O)CC(=O)O)CC(=O)O. The van der Waals surface area contributed by atoms with E-state index in [4.69, 9.17) is 24.7 Å². The number of carboxylic acid groups (broad SMARTS) is 5. The summed E-state index contributed by atoms with van der Waals surface area (Å²) in [6, 6.07) is 11.3. The Kier molecular flexibility index (Phi) is 14.5. The standard InChI is InChI=1S/C27H34N3O15P/c31-23(32)12-28(9-10-29(13-24(33)34)14-25(35)36)11-20(30(15-26(37)38)16-27(39)40)17-44-21-5-1-18(2-6-21)19-3-7-22(8-4-19)45-46(41,42)43/h1-8,20H,9-17H2,(H,31,32)(H,33,34)(H,35,36)(H,37,38)(H,39,40)(H2,41,42,43). The first kappa shape index (κ1) is 37.6. The second-order valence-electron chi connectivity index (χ2n) is 9.91. The fourth-order valence-corrected chi connectivity index (χ4v) is 4.72. The van der Waals surface area contributed by atoms with E-state index in [1.54, 1.807) is 36.4 Å². The molecule has 18 nitrogen and oxygen atoms in total. The van der Waals surface area contributed by atoms with E-state index >= 15 is 0 Å². The van der Waals surface area contributed by atoms with Crippen molar-refractivity contribution in [2.24, 2.45) is 0 Å². The highest BCUT2D eigenvalue weighted by Crippen LogP contribution is 2.38. The van der Waals surface area contributed by atoms with E-state index < -0.39 is 76.4 Å². The molecule has 2 rings (SSSR count). The van der Waals surface area contributed by atoms with Crippen molar-refractivity contribution in [2.75, 3.05) is 59.0 Å². The summed E-state index contributed by atoms with van der Waals surface area (Å²) in [5, 5.41) is 46.5. The summed E-state index contributed by atoms with van der Waals surface area (Å²) in [7, 11) is -4.72. The van der Waals surface area contributed by atoms with Crippen molar-refractivity contribution in [3.8, 4) is 22.6 Å². The van der Waals surface area contributed by atoms with Crippen LogP contribution in [0.15, 0.2) is 48.5 Å². The second-order valence-corrected chi connectivity index (χ2v) is 11.1. The number of phosphoric ester groups is 1. The van der Waals surface area contributed by atoms with Gasteiger partial charge in [-0.05, 0) is 35.4 Å². The molecule has 0 aromatic heterocycles. The van der Waals surface area contributed by atoms with Crippen LogP contribution < -0.4 is 9.26 Å². The monoisotopic (exact) mass is 671 g/mol. The largest absolute Gasteiger partial charge is 0.524 e. The molecule has 0 radical (unpaired) electrons. The first-order valence-corrected chi connectivity index (χ1v) is 14.9. The summed E-state index contributed by atoms with van der Waals surface area (Å²) in [6.07, 6.45) is 0. The second kappa shape index (κ2) is 17.8. The Balaban J connectivity index is 2.25. The zero-order valence-electron chi connectivity index (χ0n) is 24.2. The maximum atomic E-state index is 11.6. The van der Waals surface area contributed by atoms with Crippen LogP contribution in [-0.4, -0.2) is 145 Å². The van der Waals surface area contributed by atoms with E-state index in [0.29, 0.717) is 16.9 Å². The minimum absolute atomic E-state index is 0.0382. The average molecular weight is 672 g/mol. The van der Waals surface area contributed by atoms with Crippen molar-refractivity contribution in [3.63, 3.8) is 0 Å². The summed E-state index contributed by atoms with van der Waals surface area (Å²) in [4.78, 5) is 78.4. The molecule has 0 amide bonds. The molecule has 7 N–H and O–H groups in total. The third-order valence-electron chi connectivity index (χ3n) is 6.18. The molecule has 19 heteroatoms. The highest BCUT2D eigenvalue weighted by Gasteiger charge is 2.28. The summed E-state index contributed by atoms with van der Waals surface area (Å²) >= 11 is 0. The van der Waals surface area contributed by atoms with Gasteiger partial charge in [-0.15, -0.1) is 0 Å². The fraction of sp³-hybridized carbons (Fsp3) is 0.370. The molecule has 0 spiro atoms. The lowest BCUT2D eigenvalue weighted by molar-refractivity contribution is -0.144. The van der Waals surface area contributed by atoms with Crippen LogP contribution in [0.1, 0.15) is 0 Å². The highest BCUT2D eigenvalue weighted by molar-refractivity contribution is 7.46. The molecule has 0 fully saturated rings. The minimum atomic E-state index is -4.72. The molecule has 2 aromatic carbocycles. The predicted octanol–water partition coefficient (Wildman–Crippen LogP) is -0.0985. The topological polar surface area (TPSA) is 272 Å². The van der Waals surface area contributed by atoms with Gasteiger partial charge < -0.3 is 34.8 Å². The number of hydrogen-bond acceptors (Lipinski definition) is 11. The molecule has 0 saturated heterocycles. The van der Waals surface area contributed by atoms with Gasteiger partial charge in [0.1, 0.15) is 18.1 Å². The lowest BCUT2D eigenvalue weighted by Crippen LogP contribution is -2.52. The normalized spacial score (nSPS) is 12.2. The maximum absolute atomic E-state index is 11.6. The fourth-order valence-electron chi connectivity index (χ4n) is 4.32. The molecular formula is C27H34N3O15P. The van der Waals surface area contributed by atoms with Crippen molar-refractivity contribution in [1.82, 2.24) is 14.7 Å². The smallest absolute Gasteiger partial charge is 0.492 e. The van der Waals surface area contributed by atoms with Crippen molar-refractivity contribution < 1.29 is 73.1 Å². The summed E-state index contributed by atoms with van der Waals surface area (Å²) in [6.45, 7) is -4.19. The number of rotatable bonds is 22. The number of carboxylic acids is 5. The molecule has 0 bridgehead atoms. The molecule has 0 heterocycles. The molecule has 2 aromatic rings. The number of nitrogens with zero attached hydrogens (tertiary/aromatic N) is 3. The molecular weight excluding hydrogens is 637 g/mol. The number of ether oxygens (including phenoxy) is 1. The number of benzene rings is 2. The van der Waals surface area contributed by atoms with Gasteiger partial charge in [0, 0.05) is 19.6 Å². The van der Waals surface area contributed by atoms with E-state index in [9.17, 15) is 43.9 Å². The Morgan fingerprint density at radius 1 is 0.609 bits per heavy atom. The summed E-state index contributed by atoms with van der Waals surface area (Å²) < 4.78 is 21.4. The van der Waals surface area contributed by atoms with E-state index in [1.165, 1.54) is 17.0 Å². The summed E-state index contributed by atoms with van der Waals surface area (Å²) in [5.41, 5.74) is 1.35. The van der Waals surface area contributed by atoms with E-state index in [1.807, 2.05) is 0 Å². The van der Waals surface area contributed by atoms with E-state index in [-0.39, 0.29) is 32.0 Å². The van der Waals surface area contributed by atoms with Crippen LogP contribution >= 0.6 is 7.82 Å². The van der Waals surface area contributed by atoms with Crippen molar-refractivity contribution >= 4 is 37.7 Å². The Hall–Kier alpha value is -4.58. The van der Waals surface area contributed by atoms with Crippen LogP contribution in [0.2, 0.25) is 0 Å². The Bertz CT molecular complexity index is 1370. The van der Waals surface area contributed by atoms with Gasteiger partial charge in [0.15, 0.2) is 0 Å². The number of aliphatic carboxylic acids is 5. The maximum Gasteiger partial charge on any atom is 0.524 e. The Morgan fingerprint density at radius 2 is 1.00 bits per heavy atom. The molecule has 0 aliphatic carbocycles. The first-order valence-electron chi connectivity index (χ1n) is 13.4. The lowest BCUT2D eigenvalue weighted by atomic mass is 10.1. The van der Waals surface area contributed by atoms with Crippen LogP contribution in [0, 0.1) is 0 Å². The van der Waals surface area contributed by atoms with Crippen molar-refractivity contribution in [1.29, 1.82) is 0 Å². The van der Waals surface area contributed by atoms with Crippen molar-refractivity contribution in [3.05, 3.63) is 48.5 Å². The number of hydrogen-bond donors (Lipinski definition) is 7. The molecule has 46 heavy (non-hydrogen) atoms. The van der Waals surface area contributed by atoms with Gasteiger partial charge in [-0.1, -0.05) is 24.3 Å². The van der Waals surface area contributed by atoms with Gasteiger partial charge in [0.05, 0.1) is 38.8 Å². The molecule has 1 unspecified atom stereocenters. The predicted molar refractivity (Wildman–Crippen MR) is 156 cm³/mol. The van der Waals surface area contributed by atoms with Gasteiger partial charge in [-0.25, -0.2) is 4.57 Å². The van der Waals surface area contributed by atoms with Gasteiger partial charge in [-0.3, -0.25) is 48.5 Å². The first-order chi connectivity index (χ1) is 21.5. The Labute approximate surface area is 261 Å². The molecule has 0 saturated carbocycles. The van der Waals surface area contributed by atoms with Gasteiger partial charge in [0.25, 0.3) is 0 Å². The number of carbonyl (C=O) groups is 5. The number of phosphoric acid groups is 1. The van der Waals surface area contributed by atoms with Crippen molar-refractivity contribution in [2.45, 2.75) is 6.04 Å². The van der Waals surface area contributed by atoms with Crippen LogP contribution in [0.5, 0.6) is 11.5 Å². The van der Waals surface area contributed by atoms with Crippen LogP contribution in [0.4, 0.5) is 0 Å². The minimum Gasteiger partial charge on any atom is -0.492 e. The molecule has 0 aliphatic heterocycles. The van der Waals surface area contributed by atoms with E-state index in [0.717, 1.165) is 9.80 Å². The van der Waals surface area contributed by atoms with Crippen LogP contribution in [0.25, 0.3) is 11.1 Å². The molecule has 1 atom stereocenters. The third kappa shape index (κ3) is 14.9. The molecule has 0 aliphatic rings. The summed E-state index contributed by atoms with van der Waals surface area (Å²) in [5.74, 6) is -6.35. The Morgan fingerprint density at radius 3 is 1.41 bits per heavy atom. The zero-order chi connectivity index (χ0) is 34.4.